The van der Waals surface area contributed by atoms with E-state index in [1.165, 1.54) is 5.56 Å². The molecule has 0 radical (unpaired) electrons. The van der Waals surface area contributed by atoms with Gasteiger partial charge >= 0.3 is 0 Å². The highest BCUT2D eigenvalue weighted by molar-refractivity contribution is 5.93. The van der Waals surface area contributed by atoms with E-state index in [-0.39, 0.29) is 5.91 Å². The summed E-state index contributed by atoms with van der Waals surface area (Å²) in [6.07, 6.45) is 0. The maximum absolute atomic E-state index is 11.9. The first-order valence-corrected chi connectivity index (χ1v) is 8.72. The van der Waals surface area contributed by atoms with Crippen molar-refractivity contribution in [3.05, 3.63) is 65.2 Å². The maximum Gasteiger partial charge on any atom is 0.253 e. The molecule has 0 fully saturated rings. The van der Waals surface area contributed by atoms with Crippen LogP contribution in [-0.4, -0.2) is 49.5 Å². The van der Waals surface area contributed by atoms with Crippen molar-refractivity contribution in [3.8, 4) is 5.75 Å². The number of hydrogen-bond donors (Lipinski definition) is 0. The zero-order valence-electron chi connectivity index (χ0n) is 15.7. The van der Waals surface area contributed by atoms with Crippen LogP contribution in [-0.2, 0) is 6.54 Å². The number of ether oxygens (including phenoxy) is 1. The highest BCUT2D eigenvalue weighted by Crippen LogP contribution is 2.16. The minimum Gasteiger partial charge on any atom is -0.492 e. The minimum absolute atomic E-state index is 0.0329. The summed E-state index contributed by atoms with van der Waals surface area (Å²) < 4.78 is 5.89. The first kappa shape index (κ1) is 19.0. The van der Waals surface area contributed by atoms with Crippen LogP contribution in [0.5, 0.6) is 5.75 Å². The molecule has 0 heterocycles. The van der Waals surface area contributed by atoms with Gasteiger partial charge in [-0.15, -0.1) is 0 Å². The molecule has 1 amide bonds. The molecule has 0 saturated heterocycles. The molecule has 4 nitrogen and oxygen atoms in total. The van der Waals surface area contributed by atoms with E-state index in [0.717, 1.165) is 36.5 Å². The van der Waals surface area contributed by atoms with E-state index in [1.54, 1.807) is 19.0 Å². The Bertz CT molecular complexity index is 681. The summed E-state index contributed by atoms with van der Waals surface area (Å²) >= 11 is 0. The molecule has 0 N–H and O–H groups in total. The summed E-state index contributed by atoms with van der Waals surface area (Å²) in [5.74, 6) is 0.982. The van der Waals surface area contributed by atoms with Crippen LogP contribution in [0.4, 0.5) is 0 Å². The van der Waals surface area contributed by atoms with Crippen LogP contribution in [0.1, 0.15) is 28.4 Å². The highest BCUT2D eigenvalue weighted by Gasteiger charge is 2.09. The summed E-state index contributed by atoms with van der Waals surface area (Å²) in [4.78, 5) is 15.9. The van der Waals surface area contributed by atoms with Crippen molar-refractivity contribution >= 4 is 5.91 Å². The molecule has 0 aliphatic heterocycles. The monoisotopic (exact) mass is 340 g/mol. The third-order valence-electron chi connectivity index (χ3n) is 4.22. The van der Waals surface area contributed by atoms with Gasteiger partial charge < -0.3 is 9.64 Å². The Morgan fingerprint density at radius 1 is 1.04 bits per heavy atom. The Morgan fingerprint density at radius 2 is 1.72 bits per heavy atom. The fourth-order valence-electron chi connectivity index (χ4n) is 2.62. The third kappa shape index (κ3) is 5.61. The first-order chi connectivity index (χ1) is 12.0. The Balaban J connectivity index is 1.87. The summed E-state index contributed by atoms with van der Waals surface area (Å²) in [5, 5.41) is 0. The Kier molecular flexibility index (Phi) is 7.02. The smallest absolute Gasteiger partial charge is 0.253 e. The number of carbonyl (C=O) groups excluding carboxylic acids is 1. The topological polar surface area (TPSA) is 32.8 Å². The Morgan fingerprint density at radius 3 is 2.32 bits per heavy atom. The number of benzene rings is 2. The van der Waals surface area contributed by atoms with E-state index in [9.17, 15) is 4.79 Å². The molecule has 134 valence electrons. The first-order valence-electron chi connectivity index (χ1n) is 8.72. The summed E-state index contributed by atoms with van der Waals surface area (Å²) in [6.45, 7) is 7.54. The standard InChI is InChI=1S/C21H28N2O2/c1-5-23(14-15-25-20-9-7-6-8-17(20)2)16-18-10-12-19(13-11-18)21(24)22(3)4/h6-13H,5,14-16H2,1-4H3. The van der Waals surface area contributed by atoms with Gasteiger partial charge in [0.05, 0.1) is 0 Å². The molecule has 0 saturated carbocycles. The third-order valence-corrected chi connectivity index (χ3v) is 4.22. The van der Waals surface area contributed by atoms with Crippen molar-refractivity contribution in [1.82, 2.24) is 9.80 Å². The van der Waals surface area contributed by atoms with E-state index in [4.69, 9.17) is 4.74 Å². The van der Waals surface area contributed by atoms with Crippen molar-refractivity contribution in [3.63, 3.8) is 0 Å². The molecule has 0 spiro atoms. The highest BCUT2D eigenvalue weighted by atomic mass is 16.5. The summed E-state index contributed by atoms with van der Waals surface area (Å²) in [6, 6.07) is 15.9. The molecule has 0 atom stereocenters. The fraction of sp³-hybridized carbons (Fsp3) is 0.381. The number of amides is 1. The van der Waals surface area contributed by atoms with Gasteiger partial charge in [-0.25, -0.2) is 0 Å². The Hall–Kier alpha value is -2.33. The number of aryl methyl sites for hydroxylation is 1. The number of nitrogens with zero attached hydrogens (tertiary/aromatic N) is 2. The SMILES string of the molecule is CCN(CCOc1ccccc1C)Cc1ccc(C(=O)N(C)C)cc1. The van der Waals surface area contributed by atoms with Crippen molar-refractivity contribution < 1.29 is 9.53 Å². The van der Waals surface area contributed by atoms with E-state index < -0.39 is 0 Å². The molecule has 2 rings (SSSR count). The van der Waals surface area contributed by atoms with Gasteiger partial charge in [0.1, 0.15) is 12.4 Å². The molecule has 0 unspecified atom stereocenters. The minimum atomic E-state index is 0.0329. The van der Waals surface area contributed by atoms with Crippen LogP contribution >= 0.6 is 0 Å². The second-order valence-electron chi connectivity index (χ2n) is 6.38. The molecular formula is C21H28N2O2. The lowest BCUT2D eigenvalue weighted by molar-refractivity contribution is 0.0827. The van der Waals surface area contributed by atoms with Gasteiger partial charge in [0.15, 0.2) is 0 Å². The van der Waals surface area contributed by atoms with Gasteiger partial charge in [-0.2, -0.15) is 0 Å². The van der Waals surface area contributed by atoms with Gasteiger partial charge in [0.25, 0.3) is 5.91 Å². The summed E-state index contributed by atoms with van der Waals surface area (Å²) in [5.41, 5.74) is 3.08. The number of hydrogen-bond acceptors (Lipinski definition) is 3. The van der Waals surface area contributed by atoms with Crippen molar-refractivity contribution in [1.29, 1.82) is 0 Å². The number of rotatable bonds is 8. The average Bonchev–Trinajstić information content (AvgIpc) is 2.62. The Labute approximate surface area is 151 Å². The second kappa shape index (κ2) is 9.23. The van der Waals surface area contributed by atoms with Gasteiger partial charge in [-0.05, 0) is 42.8 Å². The fourth-order valence-corrected chi connectivity index (χ4v) is 2.62. The largest absolute Gasteiger partial charge is 0.492 e. The van der Waals surface area contributed by atoms with E-state index in [0.29, 0.717) is 6.61 Å². The molecular weight excluding hydrogens is 312 g/mol. The van der Waals surface area contributed by atoms with Crippen molar-refractivity contribution in [2.24, 2.45) is 0 Å². The average molecular weight is 340 g/mol. The van der Waals surface area contributed by atoms with E-state index in [2.05, 4.69) is 24.8 Å². The van der Waals surface area contributed by atoms with Crippen LogP contribution in [0.2, 0.25) is 0 Å². The van der Waals surface area contributed by atoms with Crippen LogP contribution < -0.4 is 4.74 Å². The predicted octanol–water partition coefficient (Wildman–Crippen LogP) is 3.60. The van der Waals surface area contributed by atoms with E-state index >= 15 is 0 Å². The molecule has 0 bridgehead atoms. The lowest BCUT2D eigenvalue weighted by atomic mass is 10.1. The predicted molar refractivity (Wildman–Crippen MR) is 102 cm³/mol. The molecule has 2 aromatic rings. The maximum atomic E-state index is 11.9. The lowest BCUT2D eigenvalue weighted by Gasteiger charge is -2.21. The van der Waals surface area contributed by atoms with Gasteiger partial charge in [-0.3, -0.25) is 9.69 Å². The number of likely N-dealkylation sites (N-methyl/N-ethyl adjacent to an activating group) is 1. The van der Waals surface area contributed by atoms with E-state index in [1.807, 2.05) is 42.5 Å². The van der Waals surface area contributed by atoms with Crippen molar-refractivity contribution in [2.75, 3.05) is 33.8 Å². The lowest BCUT2D eigenvalue weighted by Crippen LogP contribution is -2.28. The van der Waals surface area contributed by atoms with Crippen LogP contribution in [0, 0.1) is 6.92 Å². The molecule has 2 aromatic carbocycles. The van der Waals surface area contributed by atoms with Crippen LogP contribution in [0.3, 0.4) is 0 Å². The zero-order valence-corrected chi connectivity index (χ0v) is 15.7. The van der Waals surface area contributed by atoms with Gasteiger partial charge in [0, 0.05) is 32.7 Å². The molecule has 0 aliphatic carbocycles. The van der Waals surface area contributed by atoms with Crippen LogP contribution in [0.25, 0.3) is 0 Å². The van der Waals surface area contributed by atoms with Gasteiger partial charge in [0.2, 0.25) is 0 Å². The quantitative estimate of drug-likeness (QED) is 0.736. The normalized spacial score (nSPS) is 10.8. The number of carbonyl (C=O) groups is 1. The molecule has 0 aliphatic rings. The second-order valence-corrected chi connectivity index (χ2v) is 6.38. The van der Waals surface area contributed by atoms with Gasteiger partial charge in [-0.1, -0.05) is 37.3 Å². The molecule has 0 aromatic heterocycles. The van der Waals surface area contributed by atoms with Crippen molar-refractivity contribution in [2.45, 2.75) is 20.4 Å². The molecule has 4 heteroatoms. The number of para-hydroxylation sites is 1. The van der Waals surface area contributed by atoms with Crippen LogP contribution in [0.15, 0.2) is 48.5 Å². The summed E-state index contributed by atoms with van der Waals surface area (Å²) in [7, 11) is 3.53. The zero-order chi connectivity index (χ0) is 18.2. The molecule has 25 heavy (non-hydrogen) atoms.